The molecule has 0 spiro atoms. The average Bonchev–Trinajstić information content (AvgIpc) is 2.92. The van der Waals surface area contributed by atoms with Crippen LogP contribution in [-0.4, -0.2) is 49.9 Å². The van der Waals surface area contributed by atoms with Crippen LogP contribution in [0.25, 0.3) is 0 Å². The van der Waals surface area contributed by atoms with Gasteiger partial charge in [0.2, 0.25) is 0 Å². The first-order valence-electron chi connectivity index (χ1n) is 13.1. The summed E-state index contributed by atoms with van der Waals surface area (Å²) in [6.45, 7) is 12.2. The van der Waals surface area contributed by atoms with Gasteiger partial charge in [0.1, 0.15) is 25.1 Å². The molecule has 39 heavy (non-hydrogen) atoms. The normalized spacial score (nSPS) is 13.3. The van der Waals surface area contributed by atoms with Crippen LogP contribution in [0.15, 0.2) is 65.6 Å². The van der Waals surface area contributed by atoms with Crippen LogP contribution in [0.2, 0.25) is 5.02 Å². The smallest absolute Gasteiger partial charge is 0.407 e. The summed E-state index contributed by atoms with van der Waals surface area (Å²) < 4.78 is 16.7. The highest BCUT2D eigenvalue weighted by Gasteiger charge is 2.24. The molecule has 1 N–H and O–H groups in total. The van der Waals surface area contributed by atoms with Crippen molar-refractivity contribution in [3.63, 3.8) is 0 Å². The van der Waals surface area contributed by atoms with E-state index in [0.29, 0.717) is 39.2 Å². The van der Waals surface area contributed by atoms with Gasteiger partial charge in [-0.2, -0.15) is 11.8 Å². The van der Waals surface area contributed by atoms with E-state index in [0.717, 1.165) is 11.3 Å². The van der Waals surface area contributed by atoms with Crippen molar-refractivity contribution in [1.29, 1.82) is 0 Å². The number of hydrogen-bond acceptors (Lipinski definition) is 7. The number of carbonyl (C=O) groups excluding carboxylic acids is 2. The van der Waals surface area contributed by atoms with Crippen molar-refractivity contribution in [3.05, 3.63) is 71.3 Å². The monoisotopic (exact) mass is 593 g/mol. The van der Waals surface area contributed by atoms with E-state index in [1.54, 1.807) is 18.7 Å². The molecule has 9 heteroatoms. The second-order valence-electron chi connectivity index (χ2n) is 9.49. The van der Waals surface area contributed by atoms with Gasteiger partial charge in [-0.05, 0) is 67.0 Å². The van der Waals surface area contributed by atoms with Gasteiger partial charge in [-0.25, -0.2) is 9.59 Å². The molecule has 0 fully saturated rings. The Balaban J connectivity index is 1.99. The summed E-state index contributed by atoms with van der Waals surface area (Å²) in [4.78, 5) is 24.9. The minimum atomic E-state index is -0.607. The van der Waals surface area contributed by atoms with Crippen molar-refractivity contribution < 1.29 is 23.8 Å². The van der Waals surface area contributed by atoms with Gasteiger partial charge in [-0.15, -0.1) is 11.8 Å². The van der Waals surface area contributed by atoms with Crippen LogP contribution in [0.3, 0.4) is 0 Å². The summed E-state index contributed by atoms with van der Waals surface area (Å²) in [5, 5.41) is 3.70. The van der Waals surface area contributed by atoms with Crippen molar-refractivity contribution >= 4 is 47.2 Å². The second-order valence-corrected chi connectivity index (χ2v) is 12.0. The lowest BCUT2D eigenvalue weighted by atomic mass is 9.86. The molecule has 0 radical (unpaired) electrons. The summed E-state index contributed by atoms with van der Waals surface area (Å²) in [5.41, 5.74) is 1.59. The number of alkyl carbamates (subject to hydrolysis) is 1. The number of rotatable bonds is 16. The lowest BCUT2D eigenvalue weighted by molar-refractivity contribution is -0.138. The number of benzene rings is 2. The molecule has 1 amide bonds. The number of ether oxygens (including phenoxy) is 3. The molecule has 0 bridgehead atoms. The molecule has 0 saturated carbocycles. The van der Waals surface area contributed by atoms with Gasteiger partial charge < -0.3 is 19.5 Å². The van der Waals surface area contributed by atoms with E-state index in [1.807, 2.05) is 48.2 Å². The minimum absolute atomic E-state index is 0.0283. The summed E-state index contributed by atoms with van der Waals surface area (Å²) in [6.07, 6.45) is 2.16. The standard InChI is InChI=1S/C30H40ClNO5S2/c1-7-27(20(2)3)28(38-6)22-8-12-24(13-9-22)36-18-25(19-39-26-14-10-23(31)11-15-26)37-30(34)32-16-17-35-29(33)21(4)5/h8-15,20,25,27-28H,4,7,16-19H2,1-3,5-6H3,(H,32,34). The molecule has 3 unspecified atom stereocenters. The van der Waals surface area contributed by atoms with Crippen molar-refractivity contribution in [1.82, 2.24) is 5.32 Å². The molecular weight excluding hydrogens is 554 g/mol. The van der Waals surface area contributed by atoms with E-state index >= 15 is 0 Å². The lowest BCUT2D eigenvalue weighted by Gasteiger charge is -2.28. The first-order valence-corrected chi connectivity index (χ1v) is 15.7. The van der Waals surface area contributed by atoms with Crippen LogP contribution in [0.1, 0.15) is 44.9 Å². The summed E-state index contributed by atoms with van der Waals surface area (Å²) >= 11 is 9.42. The molecule has 2 aromatic carbocycles. The Morgan fingerprint density at radius 2 is 1.74 bits per heavy atom. The molecule has 214 valence electrons. The summed E-state index contributed by atoms with van der Waals surface area (Å²) in [6, 6.07) is 15.7. The van der Waals surface area contributed by atoms with Gasteiger partial charge in [0.15, 0.2) is 0 Å². The maximum absolute atomic E-state index is 12.4. The molecule has 0 saturated heterocycles. The van der Waals surface area contributed by atoms with Crippen LogP contribution in [0.4, 0.5) is 4.79 Å². The van der Waals surface area contributed by atoms with Crippen molar-refractivity contribution in [2.45, 2.75) is 50.4 Å². The van der Waals surface area contributed by atoms with E-state index in [4.69, 9.17) is 25.8 Å². The molecule has 0 aromatic heterocycles. The fourth-order valence-corrected chi connectivity index (χ4v) is 6.27. The number of thioether (sulfide) groups is 2. The van der Waals surface area contributed by atoms with E-state index < -0.39 is 18.2 Å². The zero-order valence-electron chi connectivity index (χ0n) is 23.4. The number of halogens is 1. The molecule has 0 heterocycles. The molecule has 3 atom stereocenters. The first-order chi connectivity index (χ1) is 18.6. The van der Waals surface area contributed by atoms with Gasteiger partial charge >= 0.3 is 12.1 Å². The Morgan fingerprint density at radius 3 is 2.31 bits per heavy atom. The van der Waals surface area contributed by atoms with Crippen LogP contribution in [-0.2, 0) is 14.3 Å². The fraction of sp³-hybridized carbons (Fsp3) is 0.467. The summed E-state index contributed by atoms with van der Waals surface area (Å²) in [7, 11) is 0. The van der Waals surface area contributed by atoms with Crippen LogP contribution in [0.5, 0.6) is 5.75 Å². The maximum atomic E-state index is 12.4. The maximum Gasteiger partial charge on any atom is 0.407 e. The van der Waals surface area contributed by atoms with E-state index in [1.165, 1.54) is 5.56 Å². The van der Waals surface area contributed by atoms with E-state index in [9.17, 15) is 9.59 Å². The lowest BCUT2D eigenvalue weighted by Crippen LogP contribution is -2.35. The Hall–Kier alpha value is -2.29. The van der Waals surface area contributed by atoms with Crippen molar-refractivity contribution in [3.8, 4) is 5.75 Å². The van der Waals surface area contributed by atoms with Crippen molar-refractivity contribution in [2.75, 3.05) is 31.8 Å². The molecule has 0 aliphatic rings. The number of nitrogens with one attached hydrogen (secondary N) is 1. The topological polar surface area (TPSA) is 73.9 Å². The Labute approximate surface area is 246 Å². The fourth-order valence-electron chi connectivity index (χ4n) is 3.99. The quantitative estimate of drug-likeness (QED) is 0.0920. The number of carbonyl (C=O) groups is 2. The highest BCUT2D eigenvalue weighted by molar-refractivity contribution is 7.99. The van der Waals surface area contributed by atoms with Gasteiger partial charge in [-0.1, -0.05) is 57.5 Å². The van der Waals surface area contributed by atoms with Gasteiger partial charge in [-0.3, -0.25) is 0 Å². The largest absolute Gasteiger partial charge is 0.490 e. The molecule has 0 aliphatic carbocycles. The van der Waals surface area contributed by atoms with Crippen LogP contribution < -0.4 is 10.1 Å². The molecule has 2 aromatic rings. The summed E-state index contributed by atoms with van der Waals surface area (Å²) in [5.74, 6) is 1.90. The third-order valence-electron chi connectivity index (χ3n) is 6.09. The zero-order chi connectivity index (χ0) is 28.8. The molecule has 0 aliphatic heterocycles. The van der Waals surface area contributed by atoms with Gasteiger partial charge in [0, 0.05) is 26.5 Å². The predicted molar refractivity (Wildman–Crippen MR) is 163 cm³/mol. The average molecular weight is 594 g/mol. The van der Waals surface area contributed by atoms with Gasteiger partial charge in [0.05, 0.1) is 6.54 Å². The number of esters is 1. The SMILES string of the molecule is C=C(C)C(=O)OCCNC(=O)OC(COc1ccc(C(SC)C(CC)C(C)C)cc1)CSc1ccc(Cl)cc1. The predicted octanol–water partition coefficient (Wildman–Crippen LogP) is 7.81. The van der Waals surface area contributed by atoms with Crippen LogP contribution >= 0.6 is 35.1 Å². The Kier molecular flexibility index (Phi) is 14.7. The molecule has 6 nitrogen and oxygen atoms in total. The van der Waals surface area contributed by atoms with E-state index in [-0.39, 0.29) is 19.8 Å². The Morgan fingerprint density at radius 1 is 1.08 bits per heavy atom. The van der Waals surface area contributed by atoms with Gasteiger partial charge in [0.25, 0.3) is 0 Å². The zero-order valence-corrected chi connectivity index (χ0v) is 25.8. The molecular formula is C30H40ClNO5S2. The highest BCUT2D eigenvalue weighted by atomic mass is 35.5. The molecule has 2 rings (SSSR count). The highest BCUT2D eigenvalue weighted by Crippen LogP contribution is 2.40. The third kappa shape index (κ3) is 11.8. The first kappa shape index (κ1) is 32.9. The van der Waals surface area contributed by atoms with E-state index in [2.05, 4.69) is 51.1 Å². The number of hydrogen-bond donors (Lipinski definition) is 1. The number of amides is 1. The minimum Gasteiger partial charge on any atom is -0.490 e. The second kappa shape index (κ2) is 17.4. The van der Waals surface area contributed by atoms with Crippen molar-refractivity contribution in [2.24, 2.45) is 11.8 Å². The Bertz CT molecular complexity index is 1050. The van der Waals surface area contributed by atoms with Crippen LogP contribution in [0, 0.1) is 11.8 Å². The third-order valence-corrected chi connectivity index (χ3v) is 8.62.